The molecule has 2 rings (SSSR count). The molecule has 0 aliphatic heterocycles. The predicted molar refractivity (Wildman–Crippen MR) is 49.9 cm³/mol. The van der Waals surface area contributed by atoms with Gasteiger partial charge in [-0.1, -0.05) is 11.6 Å². The first-order valence-corrected chi connectivity index (χ1v) is 4.13. The molecule has 1 aromatic carbocycles. The van der Waals surface area contributed by atoms with E-state index in [0.717, 1.165) is 0 Å². The summed E-state index contributed by atoms with van der Waals surface area (Å²) in [5, 5.41) is 9.60. The number of benzene rings is 1. The molecule has 2 aromatic rings. The Morgan fingerprint density at radius 3 is 2.93 bits per heavy atom. The van der Waals surface area contributed by atoms with Crippen molar-refractivity contribution in [2.45, 2.75) is 0 Å². The minimum atomic E-state index is -1.41. The fraction of sp³-hybridized carbons (Fsp3) is 0. The molecule has 0 aliphatic carbocycles. The molecule has 4 nitrogen and oxygen atoms in total. The van der Waals surface area contributed by atoms with Gasteiger partial charge in [-0.05, 0) is 18.2 Å². The van der Waals surface area contributed by atoms with Gasteiger partial charge >= 0.3 is 6.16 Å². The van der Waals surface area contributed by atoms with Crippen molar-refractivity contribution in [2.75, 3.05) is 0 Å². The van der Waals surface area contributed by atoms with Crippen LogP contribution in [0.5, 0.6) is 5.95 Å². The summed E-state index contributed by atoms with van der Waals surface area (Å²) < 4.78 is 9.42. The van der Waals surface area contributed by atoms with Crippen LogP contribution in [0.3, 0.4) is 0 Å². The van der Waals surface area contributed by atoms with Crippen LogP contribution in [0.2, 0.25) is 5.02 Å². The average Bonchev–Trinajstić information content (AvgIpc) is 2.44. The number of hydrogen-bond donors (Lipinski definition) is 1. The minimum absolute atomic E-state index is 0.0604. The topological polar surface area (TPSA) is 59.7 Å². The maximum atomic E-state index is 10.2. The highest BCUT2D eigenvalue weighted by atomic mass is 35.5. The molecule has 0 saturated heterocycles. The Labute approximate surface area is 83.6 Å². The summed E-state index contributed by atoms with van der Waals surface area (Å²) >= 11 is 5.73. The molecule has 1 aromatic heterocycles. The standard InChI is InChI=1S/C9H5ClO4/c10-6-1-2-7-5(3-6)4-8(13-7)14-9(11)12/h1-4H,(H,11,12). The Balaban J connectivity index is 2.46. The summed E-state index contributed by atoms with van der Waals surface area (Å²) in [5.41, 5.74) is 0.533. The summed E-state index contributed by atoms with van der Waals surface area (Å²) in [6, 6.07) is 6.43. The van der Waals surface area contributed by atoms with Crippen LogP contribution in [0, 0.1) is 0 Å². The highest BCUT2D eigenvalue weighted by Crippen LogP contribution is 2.27. The maximum absolute atomic E-state index is 10.2. The van der Waals surface area contributed by atoms with E-state index in [0.29, 0.717) is 16.0 Å². The van der Waals surface area contributed by atoms with Gasteiger partial charge in [0.25, 0.3) is 5.95 Å². The predicted octanol–water partition coefficient (Wildman–Crippen LogP) is 3.14. The highest BCUT2D eigenvalue weighted by Gasteiger charge is 2.08. The van der Waals surface area contributed by atoms with Crippen LogP contribution in [-0.4, -0.2) is 11.3 Å². The molecule has 0 bridgehead atoms. The van der Waals surface area contributed by atoms with Crippen LogP contribution in [0.1, 0.15) is 0 Å². The Morgan fingerprint density at radius 2 is 2.21 bits per heavy atom. The van der Waals surface area contributed by atoms with E-state index in [9.17, 15) is 4.79 Å². The van der Waals surface area contributed by atoms with Crippen molar-refractivity contribution < 1.29 is 19.1 Å². The lowest BCUT2D eigenvalue weighted by molar-refractivity contribution is 0.134. The number of fused-ring (bicyclic) bond motifs is 1. The fourth-order valence-electron chi connectivity index (χ4n) is 1.13. The van der Waals surface area contributed by atoms with E-state index in [-0.39, 0.29) is 5.95 Å². The van der Waals surface area contributed by atoms with Crippen molar-refractivity contribution in [1.29, 1.82) is 0 Å². The Bertz CT molecular complexity index is 489. The molecule has 0 spiro atoms. The van der Waals surface area contributed by atoms with Gasteiger partial charge in [-0.2, -0.15) is 0 Å². The van der Waals surface area contributed by atoms with Gasteiger partial charge in [0.2, 0.25) is 0 Å². The fourth-order valence-corrected chi connectivity index (χ4v) is 1.31. The average molecular weight is 213 g/mol. The first-order chi connectivity index (χ1) is 6.65. The SMILES string of the molecule is O=C(O)Oc1cc2cc(Cl)ccc2o1. The molecule has 0 amide bonds. The number of ether oxygens (including phenoxy) is 1. The molecule has 1 heterocycles. The van der Waals surface area contributed by atoms with Crippen LogP contribution < -0.4 is 4.74 Å². The molecule has 0 fully saturated rings. The molecule has 0 aliphatic rings. The van der Waals surface area contributed by atoms with Crippen LogP contribution in [0.4, 0.5) is 4.79 Å². The quantitative estimate of drug-likeness (QED) is 0.738. The van der Waals surface area contributed by atoms with E-state index in [4.69, 9.17) is 21.1 Å². The molecular formula is C9H5ClO4. The van der Waals surface area contributed by atoms with Gasteiger partial charge in [-0.15, -0.1) is 0 Å². The normalized spacial score (nSPS) is 10.4. The van der Waals surface area contributed by atoms with Crippen LogP contribution in [0.25, 0.3) is 11.0 Å². The molecule has 14 heavy (non-hydrogen) atoms. The molecule has 0 atom stereocenters. The highest BCUT2D eigenvalue weighted by molar-refractivity contribution is 6.31. The Kier molecular flexibility index (Phi) is 2.05. The van der Waals surface area contributed by atoms with Gasteiger partial charge in [-0.3, -0.25) is 0 Å². The van der Waals surface area contributed by atoms with Crippen molar-refractivity contribution in [3.63, 3.8) is 0 Å². The van der Waals surface area contributed by atoms with Crippen LogP contribution >= 0.6 is 11.6 Å². The second-order valence-corrected chi connectivity index (χ2v) is 3.05. The van der Waals surface area contributed by atoms with Crippen molar-refractivity contribution in [2.24, 2.45) is 0 Å². The van der Waals surface area contributed by atoms with E-state index >= 15 is 0 Å². The molecule has 0 saturated carbocycles. The molecule has 1 N–H and O–H groups in total. The number of hydrogen-bond acceptors (Lipinski definition) is 3. The Hall–Kier alpha value is -1.68. The van der Waals surface area contributed by atoms with Gasteiger partial charge in [0.1, 0.15) is 5.58 Å². The monoisotopic (exact) mass is 212 g/mol. The third-order valence-electron chi connectivity index (χ3n) is 1.64. The van der Waals surface area contributed by atoms with Gasteiger partial charge in [0.15, 0.2) is 0 Å². The third kappa shape index (κ3) is 1.65. The van der Waals surface area contributed by atoms with Crippen molar-refractivity contribution >= 4 is 28.7 Å². The van der Waals surface area contributed by atoms with Crippen molar-refractivity contribution in [1.82, 2.24) is 0 Å². The number of furan rings is 1. The molecule has 0 unspecified atom stereocenters. The minimum Gasteiger partial charge on any atom is -0.449 e. The number of halogens is 1. The van der Waals surface area contributed by atoms with E-state index < -0.39 is 6.16 Å². The van der Waals surface area contributed by atoms with Crippen molar-refractivity contribution in [3.05, 3.63) is 29.3 Å². The lowest BCUT2D eigenvalue weighted by Crippen LogP contribution is -2.01. The van der Waals surface area contributed by atoms with E-state index in [1.54, 1.807) is 18.2 Å². The first-order valence-electron chi connectivity index (χ1n) is 3.75. The van der Waals surface area contributed by atoms with Gasteiger partial charge in [0, 0.05) is 16.5 Å². The molecule has 0 radical (unpaired) electrons. The zero-order valence-corrected chi connectivity index (χ0v) is 7.62. The lowest BCUT2D eigenvalue weighted by Gasteiger charge is -1.90. The largest absolute Gasteiger partial charge is 0.513 e. The summed E-state index contributed by atoms with van der Waals surface area (Å²) in [6.07, 6.45) is -1.41. The van der Waals surface area contributed by atoms with E-state index in [1.807, 2.05) is 0 Å². The maximum Gasteiger partial charge on any atom is 0.513 e. The summed E-state index contributed by atoms with van der Waals surface area (Å²) in [4.78, 5) is 10.2. The third-order valence-corrected chi connectivity index (χ3v) is 1.88. The van der Waals surface area contributed by atoms with Gasteiger partial charge < -0.3 is 14.3 Å². The summed E-state index contributed by atoms with van der Waals surface area (Å²) in [6.45, 7) is 0. The zero-order valence-electron chi connectivity index (χ0n) is 6.86. The first kappa shape index (κ1) is 8.90. The van der Waals surface area contributed by atoms with Crippen LogP contribution in [0.15, 0.2) is 28.7 Å². The lowest BCUT2D eigenvalue weighted by atomic mass is 10.3. The molecule has 72 valence electrons. The number of carboxylic acid groups (broad SMARTS) is 1. The van der Waals surface area contributed by atoms with E-state index in [1.165, 1.54) is 6.07 Å². The smallest absolute Gasteiger partial charge is 0.449 e. The Morgan fingerprint density at radius 1 is 1.43 bits per heavy atom. The molecular weight excluding hydrogens is 208 g/mol. The number of carbonyl (C=O) groups is 1. The second kappa shape index (κ2) is 3.23. The second-order valence-electron chi connectivity index (χ2n) is 2.62. The van der Waals surface area contributed by atoms with Gasteiger partial charge in [-0.25, -0.2) is 4.79 Å². The van der Waals surface area contributed by atoms with Crippen molar-refractivity contribution in [3.8, 4) is 5.95 Å². The summed E-state index contributed by atoms with van der Waals surface area (Å²) in [7, 11) is 0. The molecule has 5 heteroatoms. The van der Waals surface area contributed by atoms with Crippen LogP contribution in [-0.2, 0) is 0 Å². The summed E-state index contributed by atoms with van der Waals surface area (Å²) in [5.74, 6) is -0.0604. The number of rotatable bonds is 1. The van der Waals surface area contributed by atoms with Gasteiger partial charge in [0.05, 0.1) is 0 Å². The van der Waals surface area contributed by atoms with E-state index in [2.05, 4.69) is 4.74 Å². The zero-order chi connectivity index (χ0) is 10.1.